The molecule has 0 unspecified atom stereocenters. The molecule has 12 heteroatoms. The van der Waals surface area contributed by atoms with Crippen molar-refractivity contribution in [2.24, 2.45) is 12.8 Å². The van der Waals surface area contributed by atoms with E-state index in [1.807, 2.05) is 30.3 Å². The normalized spacial score (nSPS) is 10.8. The van der Waals surface area contributed by atoms with Crippen molar-refractivity contribution >= 4 is 29.2 Å². The van der Waals surface area contributed by atoms with E-state index in [0.717, 1.165) is 16.8 Å². The molecule has 1 amide bonds. The van der Waals surface area contributed by atoms with Crippen LogP contribution >= 0.6 is 11.5 Å². The number of nitrogens with one attached hydrogen (secondary N) is 1. The first kappa shape index (κ1) is 22.0. The number of hydrogen-bond donors (Lipinski definition) is 3. The van der Waals surface area contributed by atoms with Gasteiger partial charge in [-0.2, -0.15) is 22.6 Å². The second-order valence-electron chi connectivity index (χ2n) is 5.55. The summed E-state index contributed by atoms with van der Waals surface area (Å²) in [5.41, 5.74) is 8.22. The molecule has 3 rings (SSSR count). The Morgan fingerprint density at radius 1 is 1.28 bits per heavy atom. The zero-order valence-electron chi connectivity index (χ0n) is 15.0. The molecule has 29 heavy (non-hydrogen) atoms. The van der Waals surface area contributed by atoms with Crippen LogP contribution in [-0.4, -0.2) is 37.3 Å². The van der Waals surface area contributed by atoms with Gasteiger partial charge in [-0.15, -0.1) is 0 Å². The number of amides is 1. The first-order valence-electron chi connectivity index (χ1n) is 7.98. The van der Waals surface area contributed by atoms with Crippen LogP contribution in [0.2, 0.25) is 0 Å². The zero-order chi connectivity index (χ0) is 21.6. The third-order valence-corrected chi connectivity index (χ3v) is 4.30. The first-order valence-corrected chi connectivity index (χ1v) is 8.75. The SMILES string of the molecule is Cn1ncc(CN)c1NC(=O)c1cc(-c2ccccc2)ns1.O=C(O)C(F)(F)F. The summed E-state index contributed by atoms with van der Waals surface area (Å²) in [7, 11) is 1.76. The van der Waals surface area contributed by atoms with Crippen LogP contribution in [0.3, 0.4) is 0 Å². The minimum Gasteiger partial charge on any atom is -0.475 e. The molecule has 0 radical (unpaired) electrons. The summed E-state index contributed by atoms with van der Waals surface area (Å²) in [6, 6.07) is 11.5. The number of nitrogens with zero attached hydrogens (tertiary/aromatic N) is 3. The highest BCUT2D eigenvalue weighted by molar-refractivity contribution is 7.08. The Morgan fingerprint density at radius 3 is 2.45 bits per heavy atom. The van der Waals surface area contributed by atoms with Gasteiger partial charge in [-0.1, -0.05) is 30.3 Å². The van der Waals surface area contributed by atoms with Gasteiger partial charge >= 0.3 is 12.1 Å². The van der Waals surface area contributed by atoms with E-state index in [-0.39, 0.29) is 5.91 Å². The molecule has 0 fully saturated rings. The molecule has 0 aliphatic carbocycles. The van der Waals surface area contributed by atoms with Gasteiger partial charge in [0, 0.05) is 24.7 Å². The Bertz CT molecular complexity index is 986. The standard InChI is InChI=1S/C15H15N5OS.C2HF3O2/c1-20-14(11(8-16)9-17-20)18-15(21)13-7-12(19-22-13)10-5-3-2-4-6-10;3-2(4,5)1(6)7/h2-7,9H,8,16H2,1H3,(H,18,21);(H,6,7). The predicted octanol–water partition coefficient (Wildman–Crippen LogP) is 2.89. The van der Waals surface area contributed by atoms with Gasteiger partial charge in [0.15, 0.2) is 0 Å². The summed E-state index contributed by atoms with van der Waals surface area (Å²) >= 11 is 1.17. The fourth-order valence-corrected chi connectivity index (χ4v) is 2.74. The van der Waals surface area contributed by atoms with E-state index in [2.05, 4.69) is 14.8 Å². The number of rotatable bonds is 4. The molecule has 0 aliphatic rings. The molecule has 0 aliphatic heterocycles. The topological polar surface area (TPSA) is 123 Å². The number of aryl methyl sites for hydroxylation is 1. The number of anilines is 1. The van der Waals surface area contributed by atoms with Gasteiger partial charge in [0.2, 0.25) is 0 Å². The minimum atomic E-state index is -5.08. The summed E-state index contributed by atoms with van der Waals surface area (Å²) < 4.78 is 37.7. The summed E-state index contributed by atoms with van der Waals surface area (Å²) in [6.07, 6.45) is -3.43. The molecule has 0 saturated heterocycles. The number of carbonyl (C=O) groups excluding carboxylic acids is 1. The molecule has 0 bridgehead atoms. The molecule has 2 heterocycles. The highest BCUT2D eigenvalue weighted by Crippen LogP contribution is 2.23. The maximum absolute atomic E-state index is 12.4. The van der Waals surface area contributed by atoms with Crippen molar-refractivity contribution in [3.8, 4) is 11.3 Å². The van der Waals surface area contributed by atoms with Gasteiger partial charge in [0.25, 0.3) is 5.91 Å². The molecule has 3 aromatic rings. The fourth-order valence-electron chi connectivity index (χ4n) is 2.09. The Balaban J connectivity index is 0.000000370. The second kappa shape index (κ2) is 9.30. The highest BCUT2D eigenvalue weighted by atomic mass is 32.1. The van der Waals surface area contributed by atoms with Crippen LogP contribution in [0.5, 0.6) is 0 Å². The van der Waals surface area contributed by atoms with Crippen LogP contribution in [0.1, 0.15) is 15.2 Å². The molecule has 0 saturated carbocycles. The summed E-state index contributed by atoms with van der Waals surface area (Å²) in [6.45, 7) is 0.321. The van der Waals surface area contributed by atoms with Crippen LogP contribution in [0, 0.1) is 0 Å². The van der Waals surface area contributed by atoms with Gasteiger partial charge in [0.05, 0.1) is 11.9 Å². The lowest BCUT2D eigenvalue weighted by atomic mass is 10.1. The molecule has 4 N–H and O–H groups in total. The first-order chi connectivity index (χ1) is 13.6. The number of nitrogens with two attached hydrogens (primary N) is 1. The number of aliphatic carboxylic acids is 1. The minimum absolute atomic E-state index is 0.210. The Morgan fingerprint density at radius 2 is 1.90 bits per heavy atom. The summed E-state index contributed by atoms with van der Waals surface area (Å²) in [4.78, 5) is 21.8. The predicted molar refractivity (Wildman–Crippen MR) is 100 cm³/mol. The molecular weight excluding hydrogens is 411 g/mol. The third-order valence-electron chi connectivity index (χ3n) is 3.51. The van der Waals surface area contributed by atoms with Crippen molar-refractivity contribution < 1.29 is 27.9 Å². The molecule has 2 aromatic heterocycles. The highest BCUT2D eigenvalue weighted by Gasteiger charge is 2.38. The maximum Gasteiger partial charge on any atom is 0.490 e. The van der Waals surface area contributed by atoms with E-state index in [4.69, 9.17) is 15.6 Å². The van der Waals surface area contributed by atoms with Gasteiger partial charge in [-0.05, 0) is 17.6 Å². The molecule has 8 nitrogen and oxygen atoms in total. The van der Waals surface area contributed by atoms with Crippen LogP contribution in [0.15, 0.2) is 42.6 Å². The van der Waals surface area contributed by atoms with E-state index in [9.17, 15) is 18.0 Å². The fraction of sp³-hybridized carbons (Fsp3) is 0.176. The lowest BCUT2D eigenvalue weighted by Crippen LogP contribution is -2.21. The third kappa shape index (κ3) is 5.86. The van der Waals surface area contributed by atoms with Crippen molar-refractivity contribution in [2.45, 2.75) is 12.7 Å². The van der Waals surface area contributed by atoms with Gasteiger partial charge < -0.3 is 16.2 Å². The monoisotopic (exact) mass is 427 g/mol. The molecule has 1 aromatic carbocycles. The average molecular weight is 427 g/mol. The quantitative estimate of drug-likeness (QED) is 0.588. The Hall–Kier alpha value is -3.25. The van der Waals surface area contributed by atoms with E-state index in [1.165, 1.54) is 11.5 Å². The number of carboxylic acid groups (broad SMARTS) is 1. The molecular formula is C17H16F3N5O3S. The molecule has 0 spiro atoms. The maximum atomic E-state index is 12.4. The molecule has 154 valence electrons. The summed E-state index contributed by atoms with van der Waals surface area (Å²) in [5, 5.41) is 14.1. The van der Waals surface area contributed by atoms with Gasteiger partial charge in [0.1, 0.15) is 10.7 Å². The van der Waals surface area contributed by atoms with Crippen molar-refractivity contribution in [1.29, 1.82) is 0 Å². The van der Waals surface area contributed by atoms with Crippen LogP contribution in [-0.2, 0) is 18.4 Å². The Kier molecular flexibility index (Phi) is 7.07. The van der Waals surface area contributed by atoms with E-state index < -0.39 is 12.1 Å². The average Bonchev–Trinajstić information content (AvgIpc) is 3.30. The van der Waals surface area contributed by atoms with Crippen LogP contribution < -0.4 is 11.1 Å². The molecule has 0 atom stereocenters. The van der Waals surface area contributed by atoms with Crippen molar-refractivity contribution in [1.82, 2.24) is 14.2 Å². The number of aromatic nitrogens is 3. The number of carboxylic acids is 1. The van der Waals surface area contributed by atoms with E-state index in [1.54, 1.807) is 24.0 Å². The second-order valence-corrected chi connectivity index (χ2v) is 6.35. The van der Waals surface area contributed by atoms with E-state index in [0.29, 0.717) is 17.2 Å². The zero-order valence-corrected chi connectivity index (χ0v) is 15.8. The van der Waals surface area contributed by atoms with E-state index >= 15 is 0 Å². The lowest BCUT2D eigenvalue weighted by molar-refractivity contribution is -0.192. The number of benzene rings is 1. The number of halogens is 3. The number of hydrogen-bond acceptors (Lipinski definition) is 6. The van der Waals surface area contributed by atoms with Gasteiger partial charge in [-0.25, -0.2) is 4.79 Å². The van der Waals surface area contributed by atoms with Crippen LogP contribution in [0.25, 0.3) is 11.3 Å². The lowest BCUT2D eigenvalue weighted by Gasteiger charge is -2.05. The number of carbonyl (C=O) groups is 2. The van der Waals surface area contributed by atoms with Gasteiger partial charge in [-0.3, -0.25) is 9.48 Å². The van der Waals surface area contributed by atoms with Crippen LogP contribution in [0.4, 0.5) is 19.0 Å². The largest absolute Gasteiger partial charge is 0.490 e. The van der Waals surface area contributed by atoms with Crippen molar-refractivity contribution in [3.63, 3.8) is 0 Å². The van der Waals surface area contributed by atoms with Crippen molar-refractivity contribution in [2.75, 3.05) is 5.32 Å². The Labute approximate surface area is 166 Å². The summed E-state index contributed by atoms with van der Waals surface area (Å²) in [5.74, 6) is -2.35. The van der Waals surface area contributed by atoms with Crippen molar-refractivity contribution in [3.05, 3.63) is 53.0 Å². The smallest absolute Gasteiger partial charge is 0.475 e. The number of alkyl halides is 3.